The number of nitro groups is 1. The van der Waals surface area contributed by atoms with E-state index in [2.05, 4.69) is 4.98 Å². The maximum absolute atomic E-state index is 11.0. The number of anilines is 1. The molecule has 2 rings (SSSR count). The molecule has 1 aliphatic heterocycles. The van der Waals surface area contributed by atoms with Gasteiger partial charge >= 0.3 is 5.82 Å². The Kier molecular flexibility index (Phi) is 3.01. The molecule has 1 aliphatic rings. The Morgan fingerprint density at radius 1 is 1.65 bits per heavy atom. The van der Waals surface area contributed by atoms with E-state index in [1.165, 1.54) is 0 Å². The van der Waals surface area contributed by atoms with Crippen LogP contribution in [0, 0.1) is 23.0 Å². The lowest BCUT2D eigenvalue weighted by Gasteiger charge is -2.17. The summed E-state index contributed by atoms with van der Waals surface area (Å²) in [5.41, 5.74) is 5.63. The first-order valence-corrected chi connectivity index (χ1v) is 5.67. The van der Waals surface area contributed by atoms with Crippen molar-refractivity contribution in [2.45, 2.75) is 13.3 Å². The molecule has 0 aromatic carbocycles. The summed E-state index contributed by atoms with van der Waals surface area (Å²) in [6.07, 6.45) is 0.984. The fraction of sp³-hybridized carbons (Fsp3) is 0.700. The summed E-state index contributed by atoms with van der Waals surface area (Å²) in [6, 6.07) is 0. The van der Waals surface area contributed by atoms with Gasteiger partial charge in [0.05, 0.1) is 0 Å². The molecule has 0 spiro atoms. The van der Waals surface area contributed by atoms with E-state index in [1.807, 2.05) is 4.90 Å². The molecule has 0 radical (unpaired) electrons. The lowest BCUT2D eigenvalue weighted by molar-refractivity contribution is -0.388. The number of nitrogens with zero attached hydrogens (tertiary/aromatic N) is 4. The van der Waals surface area contributed by atoms with Crippen LogP contribution >= 0.6 is 0 Å². The van der Waals surface area contributed by atoms with Crippen LogP contribution in [0.3, 0.4) is 0 Å². The Morgan fingerprint density at radius 3 is 2.88 bits per heavy atom. The van der Waals surface area contributed by atoms with Crippen molar-refractivity contribution >= 4 is 11.6 Å². The average molecular weight is 239 g/mol. The quantitative estimate of drug-likeness (QED) is 0.610. The summed E-state index contributed by atoms with van der Waals surface area (Å²) in [5, 5.41) is 11.0. The highest BCUT2D eigenvalue weighted by atomic mass is 16.6. The average Bonchev–Trinajstić information content (AvgIpc) is 2.85. The van der Waals surface area contributed by atoms with E-state index >= 15 is 0 Å². The van der Waals surface area contributed by atoms with Crippen molar-refractivity contribution in [3.8, 4) is 0 Å². The molecule has 2 heterocycles. The van der Waals surface area contributed by atoms with E-state index in [1.54, 1.807) is 18.5 Å². The van der Waals surface area contributed by atoms with Crippen LogP contribution in [0.2, 0.25) is 0 Å². The van der Waals surface area contributed by atoms with Crippen molar-refractivity contribution in [2.24, 2.45) is 18.7 Å². The third-order valence-electron chi connectivity index (χ3n) is 3.36. The summed E-state index contributed by atoms with van der Waals surface area (Å²) in [5.74, 6) is 1.62. The standard InChI is InChI=1S/C10H17N5O2/c1-7-12-9(15(16)17)10(13(7)2)14-4-3-8(5-11)6-14/h8H,3-6,11H2,1-2H3. The molecule has 1 unspecified atom stereocenters. The van der Waals surface area contributed by atoms with Gasteiger partial charge in [0.1, 0.15) is 0 Å². The minimum Gasteiger partial charge on any atom is -0.358 e. The monoisotopic (exact) mass is 239 g/mol. The smallest absolute Gasteiger partial charge is 0.358 e. The molecule has 1 fully saturated rings. The number of hydrogen-bond acceptors (Lipinski definition) is 5. The second-order valence-corrected chi connectivity index (χ2v) is 4.46. The summed E-state index contributed by atoms with van der Waals surface area (Å²) < 4.78 is 1.77. The topological polar surface area (TPSA) is 90.2 Å². The van der Waals surface area contributed by atoms with Crippen LogP contribution in [0.1, 0.15) is 12.2 Å². The molecule has 0 saturated carbocycles. The van der Waals surface area contributed by atoms with Crippen molar-refractivity contribution in [3.05, 3.63) is 15.9 Å². The van der Waals surface area contributed by atoms with Gasteiger partial charge in [0.15, 0.2) is 0 Å². The zero-order chi connectivity index (χ0) is 12.6. The molecule has 0 aliphatic carbocycles. The Bertz CT molecular complexity index is 442. The fourth-order valence-corrected chi connectivity index (χ4v) is 2.27. The first-order valence-electron chi connectivity index (χ1n) is 5.67. The second-order valence-electron chi connectivity index (χ2n) is 4.46. The van der Waals surface area contributed by atoms with Gasteiger partial charge in [0.25, 0.3) is 0 Å². The van der Waals surface area contributed by atoms with E-state index in [-0.39, 0.29) is 5.82 Å². The molecular weight excluding hydrogens is 222 g/mol. The van der Waals surface area contributed by atoms with Crippen LogP contribution < -0.4 is 10.6 Å². The summed E-state index contributed by atoms with van der Waals surface area (Å²) >= 11 is 0. The molecule has 1 aromatic rings. The van der Waals surface area contributed by atoms with Gasteiger partial charge in [0, 0.05) is 27.1 Å². The number of aromatic nitrogens is 2. The zero-order valence-electron chi connectivity index (χ0n) is 10.1. The van der Waals surface area contributed by atoms with Gasteiger partial charge in [-0.1, -0.05) is 0 Å². The molecule has 0 bridgehead atoms. The lowest BCUT2D eigenvalue weighted by Crippen LogP contribution is -2.25. The van der Waals surface area contributed by atoms with Gasteiger partial charge < -0.3 is 20.7 Å². The lowest BCUT2D eigenvalue weighted by atomic mass is 10.1. The van der Waals surface area contributed by atoms with Crippen LogP contribution in [-0.2, 0) is 7.05 Å². The third kappa shape index (κ3) is 1.97. The van der Waals surface area contributed by atoms with Gasteiger partial charge in [-0.3, -0.25) is 4.57 Å². The van der Waals surface area contributed by atoms with Crippen molar-refractivity contribution < 1.29 is 4.92 Å². The number of aryl methyl sites for hydroxylation is 1. The van der Waals surface area contributed by atoms with Crippen LogP contribution in [0.4, 0.5) is 11.6 Å². The summed E-state index contributed by atoms with van der Waals surface area (Å²) in [7, 11) is 1.81. The molecule has 1 aromatic heterocycles. The molecule has 1 saturated heterocycles. The maximum atomic E-state index is 11.0. The SMILES string of the molecule is Cc1nc([N+](=O)[O-])c(N2CCC(CN)C2)n1C. The molecule has 7 heteroatoms. The van der Waals surface area contributed by atoms with Gasteiger partial charge in [-0.15, -0.1) is 0 Å². The number of imidazole rings is 1. The number of hydrogen-bond donors (Lipinski definition) is 1. The van der Waals surface area contributed by atoms with Crippen molar-refractivity contribution in [3.63, 3.8) is 0 Å². The third-order valence-corrected chi connectivity index (χ3v) is 3.36. The largest absolute Gasteiger partial charge is 0.406 e. The Balaban J connectivity index is 2.34. The van der Waals surface area contributed by atoms with Crippen molar-refractivity contribution in [1.82, 2.24) is 9.55 Å². The van der Waals surface area contributed by atoms with E-state index < -0.39 is 4.92 Å². The molecular formula is C10H17N5O2. The Labute approximate surface area is 99.4 Å². The van der Waals surface area contributed by atoms with E-state index in [0.717, 1.165) is 19.5 Å². The highest BCUT2D eigenvalue weighted by molar-refractivity contribution is 5.56. The normalized spacial score (nSPS) is 19.9. The number of nitrogens with two attached hydrogens (primary N) is 1. The highest BCUT2D eigenvalue weighted by Gasteiger charge is 2.32. The Hall–Kier alpha value is -1.63. The Morgan fingerprint density at radius 2 is 2.35 bits per heavy atom. The molecule has 17 heavy (non-hydrogen) atoms. The molecule has 7 nitrogen and oxygen atoms in total. The van der Waals surface area contributed by atoms with Gasteiger partial charge in [0.2, 0.25) is 11.6 Å². The minimum atomic E-state index is -0.419. The molecule has 94 valence electrons. The second kappa shape index (κ2) is 4.33. The first-order chi connectivity index (χ1) is 8.04. The predicted octanol–water partition coefficient (Wildman–Crippen LogP) is 0.422. The van der Waals surface area contributed by atoms with Crippen LogP contribution in [-0.4, -0.2) is 34.1 Å². The summed E-state index contributed by atoms with van der Waals surface area (Å²) in [6.45, 7) is 3.98. The highest BCUT2D eigenvalue weighted by Crippen LogP contribution is 2.31. The van der Waals surface area contributed by atoms with Crippen LogP contribution in [0.5, 0.6) is 0 Å². The van der Waals surface area contributed by atoms with Crippen molar-refractivity contribution in [1.29, 1.82) is 0 Å². The molecule has 0 amide bonds. The molecule has 2 N–H and O–H groups in total. The number of rotatable bonds is 3. The van der Waals surface area contributed by atoms with Gasteiger partial charge in [-0.05, 0) is 28.8 Å². The van der Waals surface area contributed by atoms with Crippen LogP contribution in [0.25, 0.3) is 0 Å². The molecule has 1 atom stereocenters. The van der Waals surface area contributed by atoms with Crippen molar-refractivity contribution in [2.75, 3.05) is 24.5 Å². The predicted molar refractivity (Wildman–Crippen MR) is 64.0 cm³/mol. The van der Waals surface area contributed by atoms with E-state index in [9.17, 15) is 10.1 Å². The van der Waals surface area contributed by atoms with Gasteiger partial charge in [-0.25, -0.2) is 0 Å². The minimum absolute atomic E-state index is 0.0531. The summed E-state index contributed by atoms with van der Waals surface area (Å²) in [4.78, 5) is 16.6. The van der Waals surface area contributed by atoms with E-state index in [0.29, 0.717) is 24.1 Å². The maximum Gasteiger partial charge on any atom is 0.406 e. The van der Waals surface area contributed by atoms with Crippen LogP contribution in [0.15, 0.2) is 0 Å². The van der Waals surface area contributed by atoms with Gasteiger partial charge in [-0.2, -0.15) is 0 Å². The first kappa shape index (κ1) is 11.8. The zero-order valence-corrected chi connectivity index (χ0v) is 10.1. The van der Waals surface area contributed by atoms with E-state index in [4.69, 9.17) is 5.73 Å². The fourth-order valence-electron chi connectivity index (χ4n) is 2.27.